The fraction of sp³-hybridized carbons (Fsp3) is 0.211. The Hall–Kier alpha value is -3.06. The zero-order valence-corrected chi connectivity index (χ0v) is 15.5. The fourth-order valence-electron chi connectivity index (χ4n) is 2.20. The third-order valence-corrected chi connectivity index (χ3v) is 3.73. The predicted octanol–water partition coefficient (Wildman–Crippen LogP) is 2.61. The second-order valence-corrected chi connectivity index (χ2v) is 5.86. The number of nitrogens with one attached hydrogen (secondary N) is 1. The van der Waals surface area contributed by atoms with E-state index in [1.165, 1.54) is 32.4 Å². The van der Waals surface area contributed by atoms with Crippen LogP contribution in [-0.4, -0.2) is 38.7 Å². The number of hydrogen-bond acceptors (Lipinski definition) is 6. The molecule has 0 aliphatic heterocycles. The quantitative estimate of drug-likeness (QED) is 0.729. The summed E-state index contributed by atoms with van der Waals surface area (Å²) in [6.07, 6.45) is 0. The van der Waals surface area contributed by atoms with Crippen LogP contribution < -0.4 is 10.1 Å². The van der Waals surface area contributed by atoms with E-state index in [1.807, 2.05) is 6.07 Å². The van der Waals surface area contributed by atoms with Crippen molar-refractivity contribution in [1.29, 1.82) is 0 Å². The number of carbonyl (C=O) groups is 3. The highest BCUT2D eigenvalue weighted by Crippen LogP contribution is 2.19. The third kappa shape index (κ3) is 6.00. The van der Waals surface area contributed by atoms with Gasteiger partial charge in [0, 0.05) is 11.6 Å². The highest BCUT2D eigenvalue weighted by Gasteiger charge is 2.15. The van der Waals surface area contributed by atoms with E-state index in [0.717, 1.165) is 5.56 Å². The molecule has 2 aromatic carbocycles. The van der Waals surface area contributed by atoms with Gasteiger partial charge in [-0.1, -0.05) is 23.7 Å². The van der Waals surface area contributed by atoms with Crippen LogP contribution in [0.3, 0.4) is 0 Å². The van der Waals surface area contributed by atoms with Crippen LogP contribution in [0.5, 0.6) is 5.75 Å². The van der Waals surface area contributed by atoms with Crippen molar-refractivity contribution in [3.8, 4) is 5.75 Å². The molecule has 0 saturated heterocycles. The van der Waals surface area contributed by atoms with Crippen LogP contribution in [-0.2, 0) is 20.8 Å². The van der Waals surface area contributed by atoms with Gasteiger partial charge in [0.15, 0.2) is 6.61 Å². The van der Waals surface area contributed by atoms with E-state index in [-0.39, 0.29) is 29.4 Å². The van der Waals surface area contributed by atoms with Crippen molar-refractivity contribution in [3.05, 3.63) is 64.2 Å². The normalized spacial score (nSPS) is 10.0. The molecular formula is C19H18ClNO6. The lowest BCUT2D eigenvalue weighted by atomic mass is 10.1. The first-order chi connectivity index (χ1) is 12.9. The van der Waals surface area contributed by atoms with E-state index in [2.05, 4.69) is 14.8 Å². The van der Waals surface area contributed by atoms with Crippen molar-refractivity contribution in [2.45, 2.75) is 6.54 Å². The van der Waals surface area contributed by atoms with Gasteiger partial charge in [-0.05, 0) is 35.9 Å². The molecule has 0 aliphatic rings. The van der Waals surface area contributed by atoms with Crippen LogP contribution in [0.15, 0.2) is 42.5 Å². The molecule has 0 unspecified atom stereocenters. The average molecular weight is 392 g/mol. The summed E-state index contributed by atoms with van der Waals surface area (Å²) in [6.45, 7) is -0.00975. The number of halogens is 1. The molecule has 0 heterocycles. The van der Waals surface area contributed by atoms with E-state index < -0.39 is 11.9 Å². The van der Waals surface area contributed by atoms with E-state index in [1.54, 1.807) is 18.2 Å². The van der Waals surface area contributed by atoms with Crippen molar-refractivity contribution in [2.24, 2.45) is 0 Å². The number of esters is 2. The highest BCUT2D eigenvalue weighted by molar-refractivity contribution is 6.30. The Morgan fingerprint density at radius 2 is 1.59 bits per heavy atom. The minimum atomic E-state index is -0.643. The minimum absolute atomic E-state index is 0.106. The summed E-state index contributed by atoms with van der Waals surface area (Å²) >= 11 is 5.89. The number of carbonyl (C=O) groups excluding carboxylic acids is 3. The maximum atomic E-state index is 12.0. The van der Waals surface area contributed by atoms with Crippen LogP contribution >= 0.6 is 11.6 Å². The van der Waals surface area contributed by atoms with Crippen LogP contribution in [0.2, 0.25) is 5.02 Å². The molecule has 1 N–H and O–H groups in total. The first-order valence-corrected chi connectivity index (χ1v) is 8.26. The predicted molar refractivity (Wildman–Crippen MR) is 97.9 cm³/mol. The van der Waals surface area contributed by atoms with Crippen LogP contribution in [0.25, 0.3) is 0 Å². The zero-order valence-electron chi connectivity index (χ0n) is 14.8. The van der Waals surface area contributed by atoms with E-state index in [4.69, 9.17) is 16.3 Å². The molecule has 0 atom stereocenters. The number of benzene rings is 2. The molecule has 2 rings (SSSR count). The summed E-state index contributed by atoms with van der Waals surface area (Å²) in [7, 11) is 2.44. The zero-order chi connectivity index (χ0) is 19.8. The Bertz CT molecular complexity index is 818. The molecule has 1 amide bonds. The number of rotatable bonds is 7. The maximum Gasteiger partial charge on any atom is 0.338 e. The Kier molecular flexibility index (Phi) is 7.19. The molecule has 27 heavy (non-hydrogen) atoms. The monoisotopic (exact) mass is 391 g/mol. The minimum Gasteiger partial charge on any atom is -0.484 e. The lowest BCUT2D eigenvalue weighted by Gasteiger charge is -2.10. The summed E-state index contributed by atoms with van der Waals surface area (Å²) in [4.78, 5) is 35.4. The summed E-state index contributed by atoms with van der Waals surface area (Å²) in [5.74, 6) is -1.50. The van der Waals surface area contributed by atoms with Crippen LogP contribution in [0.1, 0.15) is 26.3 Å². The van der Waals surface area contributed by atoms with E-state index >= 15 is 0 Å². The topological polar surface area (TPSA) is 90.9 Å². The van der Waals surface area contributed by atoms with Gasteiger partial charge >= 0.3 is 11.9 Å². The summed E-state index contributed by atoms with van der Waals surface area (Å²) in [5, 5.41) is 3.26. The second-order valence-electron chi connectivity index (χ2n) is 5.42. The Labute approximate surface area is 161 Å². The van der Waals surface area contributed by atoms with Gasteiger partial charge in [-0.15, -0.1) is 0 Å². The Balaban J connectivity index is 2.01. The van der Waals surface area contributed by atoms with Crippen LogP contribution in [0, 0.1) is 0 Å². The lowest BCUT2D eigenvalue weighted by Crippen LogP contribution is -2.28. The first-order valence-electron chi connectivity index (χ1n) is 7.88. The van der Waals surface area contributed by atoms with Gasteiger partial charge < -0.3 is 19.5 Å². The summed E-state index contributed by atoms with van der Waals surface area (Å²) in [5.41, 5.74) is 1.06. The highest BCUT2D eigenvalue weighted by atomic mass is 35.5. The smallest absolute Gasteiger partial charge is 0.338 e. The summed E-state index contributed by atoms with van der Waals surface area (Å²) in [6, 6.07) is 11.2. The van der Waals surface area contributed by atoms with Crippen molar-refractivity contribution in [3.63, 3.8) is 0 Å². The summed E-state index contributed by atoms with van der Waals surface area (Å²) < 4.78 is 14.7. The first kappa shape index (κ1) is 20.3. The average Bonchev–Trinajstić information content (AvgIpc) is 2.69. The van der Waals surface area contributed by atoms with Gasteiger partial charge in [-0.2, -0.15) is 0 Å². The fourth-order valence-corrected chi connectivity index (χ4v) is 2.41. The number of hydrogen-bond donors (Lipinski definition) is 1. The molecule has 0 radical (unpaired) electrons. The molecule has 8 heteroatoms. The van der Waals surface area contributed by atoms with Crippen molar-refractivity contribution in [2.75, 3.05) is 20.8 Å². The van der Waals surface area contributed by atoms with Gasteiger partial charge in [0.2, 0.25) is 0 Å². The van der Waals surface area contributed by atoms with Gasteiger partial charge in [-0.3, -0.25) is 4.79 Å². The maximum absolute atomic E-state index is 12.0. The molecule has 7 nitrogen and oxygen atoms in total. The SMILES string of the molecule is COC(=O)c1cc(OCC(=O)NCc2cccc(Cl)c2)cc(C(=O)OC)c1. The molecule has 0 bridgehead atoms. The molecule has 0 spiro atoms. The lowest BCUT2D eigenvalue weighted by molar-refractivity contribution is -0.123. The van der Waals surface area contributed by atoms with Crippen molar-refractivity contribution >= 4 is 29.4 Å². The largest absolute Gasteiger partial charge is 0.484 e. The van der Waals surface area contributed by atoms with Crippen molar-refractivity contribution in [1.82, 2.24) is 5.32 Å². The van der Waals surface area contributed by atoms with E-state index in [0.29, 0.717) is 11.6 Å². The van der Waals surface area contributed by atoms with Gasteiger partial charge in [-0.25, -0.2) is 9.59 Å². The molecule has 0 aliphatic carbocycles. The van der Waals surface area contributed by atoms with E-state index in [9.17, 15) is 14.4 Å². The molecule has 0 fully saturated rings. The molecule has 0 saturated carbocycles. The third-order valence-electron chi connectivity index (χ3n) is 3.50. The Morgan fingerprint density at radius 3 is 2.15 bits per heavy atom. The Morgan fingerprint density at radius 1 is 0.963 bits per heavy atom. The van der Waals surface area contributed by atoms with Crippen molar-refractivity contribution < 1.29 is 28.6 Å². The molecule has 0 aromatic heterocycles. The molecule has 2 aromatic rings. The van der Waals surface area contributed by atoms with Gasteiger partial charge in [0.25, 0.3) is 5.91 Å². The van der Waals surface area contributed by atoms with Crippen LogP contribution in [0.4, 0.5) is 0 Å². The number of ether oxygens (including phenoxy) is 3. The van der Waals surface area contributed by atoms with Gasteiger partial charge in [0.05, 0.1) is 25.3 Å². The number of amides is 1. The number of methoxy groups -OCH3 is 2. The van der Waals surface area contributed by atoms with Gasteiger partial charge in [0.1, 0.15) is 5.75 Å². The molecule has 142 valence electrons. The standard InChI is InChI=1S/C19H18ClNO6/c1-25-18(23)13-7-14(19(24)26-2)9-16(8-13)27-11-17(22)21-10-12-4-3-5-15(20)6-12/h3-9H,10-11H2,1-2H3,(H,21,22). The molecular weight excluding hydrogens is 374 g/mol. The second kappa shape index (κ2) is 9.59.